The molecule has 17 heavy (non-hydrogen) atoms. The summed E-state index contributed by atoms with van der Waals surface area (Å²) in [7, 11) is 0. The molecule has 0 fully saturated rings. The minimum Gasteiger partial charge on any atom is -0.198 e. The predicted molar refractivity (Wildman–Crippen MR) is 50.2 cm³/mol. The first-order valence-corrected chi connectivity index (χ1v) is 4.35. The fraction of sp³-hybridized carbons (Fsp3) is 0.182. The topological polar surface area (TPSA) is 71.4 Å². The molecule has 6 heteroatoms. The van der Waals surface area contributed by atoms with Crippen LogP contribution in [0.15, 0.2) is 12.1 Å². The van der Waals surface area contributed by atoms with Gasteiger partial charge in [0.15, 0.2) is 0 Å². The van der Waals surface area contributed by atoms with Gasteiger partial charge in [0.25, 0.3) is 0 Å². The first kappa shape index (κ1) is 12.5. The molecule has 0 aliphatic carbocycles. The van der Waals surface area contributed by atoms with Gasteiger partial charge in [-0.25, -0.2) is 0 Å². The number of nitriles is 3. The van der Waals surface area contributed by atoms with Gasteiger partial charge >= 0.3 is 6.18 Å². The van der Waals surface area contributed by atoms with Crippen LogP contribution in [-0.4, -0.2) is 0 Å². The van der Waals surface area contributed by atoms with E-state index in [1.54, 1.807) is 18.2 Å². The fourth-order valence-corrected chi connectivity index (χ4v) is 1.36. The molecule has 84 valence electrons. The number of benzene rings is 1. The van der Waals surface area contributed by atoms with Crippen molar-refractivity contribution in [3.8, 4) is 18.2 Å². The molecule has 1 aromatic carbocycles. The van der Waals surface area contributed by atoms with Gasteiger partial charge in [0.05, 0.1) is 41.3 Å². The summed E-state index contributed by atoms with van der Waals surface area (Å²) in [5, 5.41) is 25.8. The summed E-state index contributed by atoms with van der Waals surface area (Å²) < 4.78 is 38.0. The van der Waals surface area contributed by atoms with Crippen molar-refractivity contribution < 1.29 is 13.2 Å². The molecule has 0 radical (unpaired) electrons. The van der Waals surface area contributed by atoms with E-state index in [0.717, 1.165) is 6.07 Å². The van der Waals surface area contributed by atoms with E-state index < -0.39 is 18.2 Å². The average Bonchev–Trinajstić information content (AvgIpc) is 2.28. The molecule has 0 bridgehead atoms. The lowest BCUT2D eigenvalue weighted by atomic mass is 9.96. The maximum absolute atomic E-state index is 12.7. The number of hydrogen-bond acceptors (Lipinski definition) is 3. The molecule has 0 saturated heterocycles. The van der Waals surface area contributed by atoms with Crippen molar-refractivity contribution in [2.75, 3.05) is 0 Å². The maximum Gasteiger partial charge on any atom is 0.416 e. The second kappa shape index (κ2) is 4.55. The van der Waals surface area contributed by atoms with Crippen LogP contribution in [0.25, 0.3) is 0 Å². The van der Waals surface area contributed by atoms with Gasteiger partial charge in [-0.2, -0.15) is 29.0 Å². The zero-order chi connectivity index (χ0) is 13.1. The number of halogens is 3. The lowest BCUT2D eigenvalue weighted by molar-refractivity contribution is -0.138. The van der Waals surface area contributed by atoms with E-state index in [1.807, 2.05) is 0 Å². The van der Waals surface area contributed by atoms with Gasteiger partial charge in [0.1, 0.15) is 0 Å². The second-order valence-corrected chi connectivity index (χ2v) is 3.11. The van der Waals surface area contributed by atoms with Gasteiger partial charge in [0.2, 0.25) is 0 Å². The van der Waals surface area contributed by atoms with E-state index >= 15 is 0 Å². The van der Waals surface area contributed by atoms with Gasteiger partial charge < -0.3 is 0 Å². The van der Waals surface area contributed by atoms with Crippen molar-refractivity contribution in [3.05, 3.63) is 34.4 Å². The lowest BCUT2D eigenvalue weighted by Gasteiger charge is -2.12. The van der Waals surface area contributed by atoms with E-state index in [1.165, 1.54) is 0 Å². The molecular formula is C11H4F3N3. The third-order valence-corrected chi connectivity index (χ3v) is 2.06. The minimum absolute atomic E-state index is 0.254. The first-order chi connectivity index (χ1) is 7.93. The first-order valence-electron chi connectivity index (χ1n) is 4.35. The molecule has 0 atom stereocenters. The van der Waals surface area contributed by atoms with Gasteiger partial charge in [-0.15, -0.1) is 0 Å². The Morgan fingerprint density at radius 1 is 1.06 bits per heavy atom. The highest BCUT2D eigenvalue weighted by molar-refractivity contribution is 5.51. The average molecular weight is 235 g/mol. The van der Waals surface area contributed by atoms with Gasteiger partial charge in [0, 0.05) is 0 Å². The summed E-state index contributed by atoms with van der Waals surface area (Å²) in [6.07, 6.45) is -5.21. The molecule has 3 nitrogen and oxygen atoms in total. The molecule has 0 aliphatic heterocycles. The largest absolute Gasteiger partial charge is 0.416 e. The van der Waals surface area contributed by atoms with E-state index in [9.17, 15) is 13.2 Å². The molecular weight excluding hydrogens is 231 g/mol. The summed E-state index contributed by atoms with van der Waals surface area (Å²) in [5.74, 6) is 0. The van der Waals surface area contributed by atoms with Crippen LogP contribution in [0.5, 0.6) is 0 Å². The van der Waals surface area contributed by atoms with Crippen LogP contribution in [0, 0.1) is 34.0 Å². The van der Waals surface area contributed by atoms with E-state index in [4.69, 9.17) is 15.8 Å². The Morgan fingerprint density at radius 2 is 1.71 bits per heavy atom. The number of rotatable bonds is 1. The van der Waals surface area contributed by atoms with Crippen LogP contribution in [-0.2, 0) is 12.6 Å². The van der Waals surface area contributed by atoms with Crippen LogP contribution in [0.2, 0.25) is 0 Å². The van der Waals surface area contributed by atoms with Crippen LogP contribution in [0.3, 0.4) is 0 Å². The zero-order valence-electron chi connectivity index (χ0n) is 8.34. The molecule has 0 aliphatic rings. The summed E-state index contributed by atoms with van der Waals surface area (Å²) in [6.45, 7) is 0. The van der Waals surface area contributed by atoms with Crippen molar-refractivity contribution >= 4 is 0 Å². The molecule has 1 rings (SSSR count). The van der Waals surface area contributed by atoms with Crippen LogP contribution >= 0.6 is 0 Å². The highest BCUT2D eigenvalue weighted by atomic mass is 19.4. The van der Waals surface area contributed by atoms with Crippen molar-refractivity contribution in [3.63, 3.8) is 0 Å². The fourth-order valence-electron chi connectivity index (χ4n) is 1.36. The van der Waals surface area contributed by atoms with Crippen molar-refractivity contribution in [2.45, 2.75) is 12.6 Å². The van der Waals surface area contributed by atoms with E-state index in [0.29, 0.717) is 6.07 Å². The Labute approximate surface area is 94.9 Å². The Balaban J connectivity index is 3.62. The van der Waals surface area contributed by atoms with Crippen molar-refractivity contribution in [1.82, 2.24) is 0 Å². The summed E-state index contributed by atoms with van der Waals surface area (Å²) in [5.41, 5.74) is -2.04. The molecule has 0 heterocycles. The number of alkyl halides is 3. The minimum atomic E-state index is -4.69. The van der Waals surface area contributed by atoms with Crippen LogP contribution in [0.1, 0.15) is 22.3 Å². The summed E-state index contributed by atoms with van der Waals surface area (Å²) >= 11 is 0. The summed E-state index contributed by atoms with van der Waals surface area (Å²) in [6, 6.07) is 6.38. The predicted octanol–water partition coefficient (Wildman–Crippen LogP) is 2.51. The Kier molecular flexibility index (Phi) is 3.36. The zero-order valence-corrected chi connectivity index (χ0v) is 8.34. The van der Waals surface area contributed by atoms with Crippen molar-refractivity contribution in [2.24, 2.45) is 0 Å². The molecule has 0 N–H and O–H groups in total. The highest BCUT2D eigenvalue weighted by Gasteiger charge is 2.34. The normalized spacial score (nSPS) is 10.1. The van der Waals surface area contributed by atoms with E-state index in [2.05, 4.69) is 0 Å². The van der Waals surface area contributed by atoms with Gasteiger partial charge in [-0.3, -0.25) is 0 Å². The lowest BCUT2D eigenvalue weighted by Crippen LogP contribution is -2.11. The van der Waals surface area contributed by atoms with Crippen LogP contribution in [0.4, 0.5) is 13.2 Å². The second-order valence-electron chi connectivity index (χ2n) is 3.11. The summed E-state index contributed by atoms with van der Waals surface area (Å²) in [4.78, 5) is 0. The quantitative estimate of drug-likeness (QED) is 0.750. The van der Waals surface area contributed by atoms with Gasteiger partial charge in [-0.1, -0.05) is 0 Å². The number of hydrogen-bond donors (Lipinski definition) is 0. The maximum atomic E-state index is 12.7. The Bertz CT molecular complexity index is 568. The standard InChI is InChI=1S/C11H4F3N3/c12-11(13,14)10-4-7(5-16)3-8(6-17)9(10)1-2-15/h3-4H,1H2. The third kappa shape index (κ3) is 2.53. The Hall–Kier alpha value is -2.52. The molecule has 0 spiro atoms. The smallest absolute Gasteiger partial charge is 0.198 e. The molecule has 0 unspecified atom stereocenters. The van der Waals surface area contributed by atoms with Crippen molar-refractivity contribution in [1.29, 1.82) is 15.8 Å². The molecule has 0 amide bonds. The molecule has 0 aromatic heterocycles. The molecule has 0 saturated carbocycles. The third-order valence-electron chi connectivity index (χ3n) is 2.06. The Morgan fingerprint density at radius 3 is 2.12 bits per heavy atom. The van der Waals surface area contributed by atoms with Crippen LogP contribution < -0.4 is 0 Å². The van der Waals surface area contributed by atoms with Gasteiger partial charge in [-0.05, 0) is 17.7 Å². The monoisotopic (exact) mass is 235 g/mol. The molecule has 1 aromatic rings. The number of nitrogens with zero attached hydrogens (tertiary/aromatic N) is 3. The van der Waals surface area contributed by atoms with E-state index in [-0.39, 0.29) is 16.7 Å². The highest BCUT2D eigenvalue weighted by Crippen LogP contribution is 2.34. The SMILES string of the molecule is N#CCc1c(C#N)cc(C#N)cc1C(F)(F)F.